The number of halogens is 1. The first-order chi connectivity index (χ1) is 9.49. The minimum absolute atomic E-state index is 0.0694. The van der Waals surface area contributed by atoms with Gasteiger partial charge >= 0.3 is 0 Å². The first-order valence-electron chi connectivity index (χ1n) is 6.56. The van der Waals surface area contributed by atoms with Crippen LogP contribution in [0.4, 0.5) is 11.4 Å². The van der Waals surface area contributed by atoms with Crippen LogP contribution in [0.3, 0.4) is 0 Å². The molecule has 0 radical (unpaired) electrons. The summed E-state index contributed by atoms with van der Waals surface area (Å²) < 4.78 is 5.12. The van der Waals surface area contributed by atoms with Crippen molar-refractivity contribution in [2.75, 3.05) is 31.7 Å². The summed E-state index contributed by atoms with van der Waals surface area (Å²) in [5.74, 6) is 0.616. The van der Waals surface area contributed by atoms with Gasteiger partial charge in [-0.1, -0.05) is 13.8 Å². The number of rotatable bonds is 8. The molecule has 0 aliphatic rings. The molecular formula is C14H21ClN2O3. The lowest BCUT2D eigenvalue weighted by Crippen LogP contribution is -2.31. The van der Waals surface area contributed by atoms with E-state index >= 15 is 0 Å². The number of nitro benzene ring substituents is 1. The lowest BCUT2D eigenvalue weighted by Gasteiger charge is -2.26. The van der Waals surface area contributed by atoms with E-state index in [0.29, 0.717) is 18.1 Å². The number of hydrogen-bond donors (Lipinski definition) is 0. The molecule has 6 heteroatoms. The zero-order chi connectivity index (χ0) is 15.1. The molecule has 0 saturated carbocycles. The topological polar surface area (TPSA) is 55.6 Å². The molecule has 0 aromatic heterocycles. The highest BCUT2D eigenvalue weighted by Crippen LogP contribution is 2.26. The SMILES string of the molecule is COCCN(CC(C)C)c1ccc([N+](=O)[O-])c(CCl)c1. The second kappa shape index (κ2) is 8.07. The van der Waals surface area contributed by atoms with Crippen LogP contribution in [0.25, 0.3) is 0 Å². The van der Waals surface area contributed by atoms with Crippen LogP contribution in [-0.4, -0.2) is 31.7 Å². The summed E-state index contributed by atoms with van der Waals surface area (Å²) in [6.45, 7) is 6.48. The van der Waals surface area contributed by atoms with Crippen LogP contribution in [0, 0.1) is 16.0 Å². The van der Waals surface area contributed by atoms with E-state index in [9.17, 15) is 10.1 Å². The van der Waals surface area contributed by atoms with Gasteiger partial charge in [0, 0.05) is 37.5 Å². The molecule has 0 atom stereocenters. The summed E-state index contributed by atoms with van der Waals surface area (Å²) in [6.07, 6.45) is 0. The Kier molecular flexibility index (Phi) is 6.75. The quantitative estimate of drug-likeness (QED) is 0.419. The Morgan fingerprint density at radius 2 is 2.15 bits per heavy atom. The molecule has 0 N–H and O–H groups in total. The zero-order valence-electron chi connectivity index (χ0n) is 12.1. The predicted octanol–water partition coefficient (Wildman–Crippen LogP) is 3.44. The van der Waals surface area contributed by atoms with Gasteiger partial charge in [0.2, 0.25) is 0 Å². The number of benzene rings is 1. The second-order valence-corrected chi connectivity index (χ2v) is 5.30. The molecule has 0 spiro atoms. The molecule has 0 fully saturated rings. The molecule has 0 amide bonds. The van der Waals surface area contributed by atoms with Gasteiger partial charge in [-0.25, -0.2) is 0 Å². The number of hydrogen-bond acceptors (Lipinski definition) is 4. The maximum absolute atomic E-state index is 10.9. The minimum Gasteiger partial charge on any atom is -0.383 e. The molecule has 0 unspecified atom stereocenters. The fourth-order valence-electron chi connectivity index (χ4n) is 2.02. The Labute approximate surface area is 124 Å². The molecule has 20 heavy (non-hydrogen) atoms. The van der Waals surface area contributed by atoms with E-state index in [4.69, 9.17) is 16.3 Å². The third-order valence-corrected chi connectivity index (χ3v) is 3.21. The monoisotopic (exact) mass is 300 g/mol. The van der Waals surface area contributed by atoms with E-state index in [1.165, 1.54) is 6.07 Å². The van der Waals surface area contributed by atoms with E-state index in [1.54, 1.807) is 19.2 Å². The van der Waals surface area contributed by atoms with Crippen molar-refractivity contribution in [3.05, 3.63) is 33.9 Å². The number of methoxy groups -OCH3 is 1. The first-order valence-corrected chi connectivity index (χ1v) is 7.10. The molecule has 112 valence electrons. The van der Waals surface area contributed by atoms with Crippen LogP contribution in [0.15, 0.2) is 18.2 Å². The van der Waals surface area contributed by atoms with E-state index in [0.717, 1.165) is 18.8 Å². The molecule has 0 aliphatic heterocycles. The van der Waals surface area contributed by atoms with Gasteiger partial charge in [-0.05, 0) is 18.1 Å². The number of ether oxygens (including phenoxy) is 1. The summed E-state index contributed by atoms with van der Waals surface area (Å²) in [7, 11) is 1.66. The average Bonchev–Trinajstić information content (AvgIpc) is 2.42. The molecule has 0 bridgehead atoms. The van der Waals surface area contributed by atoms with Crippen LogP contribution in [0.1, 0.15) is 19.4 Å². The zero-order valence-corrected chi connectivity index (χ0v) is 12.9. The van der Waals surface area contributed by atoms with E-state index in [2.05, 4.69) is 18.7 Å². The highest BCUT2D eigenvalue weighted by Gasteiger charge is 2.16. The summed E-state index contributed by atoms with van der Waals surface area (Å²) >= 11 is 5.82. The number of anilines is 1. The fourth-order valence-corrected chi connectivity index (χ4v) is 2.24. The van der Waals surface area contributed by atoms with Crippen LogP contribution >= 0.6 is 11.6 Å². The van der Waals surface area contributed by atoms with Crippen molar-refractivity contribution in [2.24, 2.45) is 5.92 Å². The first kappa shape index (κ1) is 16.7. The number of nitro groups is 1. The van der Waals surface area contributed by atoms with Crippen LogP contribution in [0.2, 0.25) is 0 Å². The Hall–Kier alpha value is -1.33. The van der Waals surface area contributed by atoms with Crippen LogP contribution < -0.4 is 4.90 Å². The van der Waals surface area contributed by atoms with Crippen molar-refractivity contribution in [1.29, 1.82) is 0 Å². The van der Waals surface area contributed by atoms with E-state index in [-0.39, 0.29) is 11.6 Å². The third kappa shape index (κ3) is 4.65. The smallest absolute Gasteiger partial charge is 0.273 e. The fraction of sp³-hybridized carbons (Fsp3) is 0.571. The largest absolute Gasteiger partial charge is 0.383 e. The minimum atomic E-state index is -0.399. The number of alkyl halides is 1. The lowest BCUT2D eigenvalue weighted by molar-refractivity contribution is -0.385. The molecule has 0 aliphatic carbocycles. The highest BCUT2D eigenvalue weighted by atomic mass is 35.5. The van der Waals surface area contributed by atoms with E-state index in [1.807, 2.05) is 0 Å². The standard InChI is InChI=1S/C14H21ClN2O3/c1-11(2)10-16(6-7-20-3)13-4-5-14(17(18)19)12(8-13)9-15/h4-5,8,11H,6-7,9-10H2,1-3H3. The predicted molar refractivity (Wildman–Crippen MR) is 81.6 cm³/mol. The van der Waals surface area contributed by atoms with E-state index < -0.39 is 4.92 Å². The molecule has 1 rings (SSSR count). The maximum Gasteiger partial charge on any atom is 0.273 e. The van der Waals surface area contributed by atoms with Crippen molar-refractivity contribution < 1.29 is 9.66 Å². The summed E-state index contributed by atoms with van der Waals surface area (Å²) in [5, 5.41) is 10.9. The van der Waals surface area contributed by atoms with Gasteiger partial charge < -0.3 is 9.64 Å². The normalized spacial score (nSPS) is 10.8. The number of nitrogens with zero attached hydrogens (tertiary/aromatic N) is 2. The molecule has 0 heterocycles. The van der Waals surface area contributed by atoms with Crippen molar-refractivity contribution in [3.63, 3.8) is 0 Å². The summed E-state index contributed by atoms with van der Waals surface area (Å²) in [5.41, 5.74) is 1.55. The van der Waals surface area contributed by atoms with Crippen molar-refractivity contribution in [1.82, 2.24) is 0 Å². The molecule has 0 saturated heterocycles. The Morgan fingerprint density at radius 1 is 1.45 bits per heavy atom. The van der Waals surface area contributed by atoms with Gasteiger partial charge in [-0.2, -0.15) is 0 Å². The summed E-state index contributed by atoms with van der Waals surface area (Å²) in [6, 6.07) is 5.09. The van der Waals surface area contributed by atoms with Gasteiger partial charge in [0.05, 0.1) is 17.4 Å². The van der Waals surface area contributed by atoms with Crippen molar-refractivity contribution in [3.8, 4) is 0 Å². The average molecular weight is 301 g/mol. The lowest BCUT2D eigenvalue weighted by atomic mass is 10.1. The second-order valence-electron chi connectivity index (χ2n) is 5.04. The molecule has 5 nitrogen and oxygen atoms in total. The molecule has 1 aromatic rings. The van der Waals surface area contributed by atoms with Gasteiger partial charge in [-0.3, -0.25) is 10.1 Å². The van der Waals surface area contributed by atoms with Gasteiger partial charge in [0.15, 0.2) is 0 Å². The van der Waals surface area contributed by atoms with Crippen molar-refractivity contribution >= 4 is 23.0 Å². The Balaban J connectivity index is 3.03. The van der Waals surface area contributed by atoms with Gasteiger partial charge in [-0.15, -0.1) is 11.6 Å². The van der Waals surface area contributed by atoms with Gasteiger partial charge in [0.1, 0.15) is 0 Å². The highest BCUT2D eigenvalue weighted by molar-refractivity contribution is 6.17. The molecular weight excluding hydrogens is 280 g/mol. The van der Waals surface area contributed by atoms with Crippen LogP contribution in [0.5, 0.6) is 0 Å². The van der Waals surface area contributed by atoms with Crippen molar-refractivity contribution in [2.45, 2.75) is 19.7 Å². The molecule has 1 aromatic carbocycles. The Morgan fingerprint density at radius 3 is 2.65 bits per heavy atom. The summed E-state index contributed by atoms with van der Waals surface area (Å²) in [4.78, 5) is 12.7. The maximum atomic E-state index is 10.9. The Bertz CT molecular complexity index is 452. The third-order valence-electron chi connectivity index (χ3n) is 2.92. The van der Waals surface area contributed by atoms with Gasteiger partial charge in [0.25, 0.3) is 5.69 Å². The van der Waals surface area contributed by atoms with Crippen LogP contribution in [-0.2, 0) is 10.6 Å².